The van der Waals surface area contributed by atoms with Gasteiger partial charge in [0.2, 0.25) is 5.91 Å². The summed E-state index contributed by atoms with van der Waals surface area (Å²) in [5.41, 5.74) is 0.778. The number of hydrogen-bond acceptors (Lipinski definition) is 4. The Morgan fingerprint density at radius 3 is 2.88 bits per heavy atom. The summed E-state index contributed by atoms with van der Waals surface area (Å²) in [6.45, 7) is 3.71. The quantitative estimate of drug-likeness (QED) is 0.813. The Kier molecular flexibility index (Phi) is 5.06. The van der Waals surface area contributed by atoms with E-state index in [0.29, 0.717) is 39.2 Å². The maximum absolute atomic E-state index is 14.4. The van der Waals surface area contributed by atoms with Gasteiger partial charge in [-0.25, -0.2) is 8.78 Å². The van der Waals surface area contributed by atoms with Gasteiger partial charge in [0.05, 0.1) is 24.3 Å². The minimum atomic E-state index is -2.87. The summed E-state index contributed by atoms with van der Waals surface area (Å²) in [6, 6.07) is 3.76. The lowest BCUT2D eigenvalue weighted by Crippen LogP contribution is -2.55. The van der Waals surface area contributed by atoms with Gasteiger partial charge in [0.25, 0.3) is 5.92 Å². The van der Waals surface area contributed by atoms with E-state index in [1.165, 1.54) is 0 Å². The molecule has 1 amide bonds. The highest BCUT2D eigenvalue weighted by Crippen LogP contribution is 2.45. The van der Waals surface area contributed by atoms with Gasteiger partial charge in [0, 0.05) is 45.9 Å². The third-order valence-corrected chi connectivity index (χ3v) is 5.24. The number of aryl methyl sites for hydroxylation is 1. The number of likely N-dealkylation sites (tertiary alicyclic amines) is 2. The number of nitrogens with zero attached hydrogens (tertiary/aromatic N) is 3. The molecule has 3 heterocycles. The van der Waals surface area contributed by atoms with E-state index < -0.39 is 11.3 Å². The molecule has 1 atom stereocenters. The van der Waals surface area contributed by atoms with Crippen molar-refractivity contribution in [2.45, 2.75) is 32.2 Å². The van der Waals surface area contributed by atoms with Crippen LogP contribution in [0.2, 0.25) is 0 Å². The molecule has 2 fully saturated rings. The van der Waals surface area contributed by atoms with Crippen LogP contribution in [0.4, 0.5) is 8.78 Å². The molecular formula is C18H25F2N3O2. The van der Waals surface area contributed by atoms with Crippen LogP contribution in [0.25, 0.3) is 0 Å². The Morgan fingerprint density at radius 2 is 2.16 bits per heavy atom. The number of ether oxygens (including phenoxy) is 1. The molecule has 0 aromatic carbocycles. The molecule has 25 heavy (non-hydrogen) atoms. The topological polar surface area (TPSA) is 45.7 Å². The molecule has 5 nitrogen and oxygen atoms in total. The fourth-order valence-electron chi connectivity index (χ4n) is 4.04. The summed E-state index contributed by atoms with van der Waals surface area (Å²) in [5, 5.41) is 0. The summed E-state index contributed by atoms with van der Waals surface area (Å²) in [6.07, 6.45) is 1.79. The average molecular weight is 353 g/mol. The first-order valence-corrected chi connectivity index (χ1v) is 8.64. The van der Waals surface area contributed by atoms with E-state index in [1.54, 1.807) is 23.1 Å². The molecule has 0 aliphatic carbocycles. The van der Waals surface area contributed by atoms with Gasteiger partial charge in [-0.2, -0.15) is 0 Å². The first kappa shape index (κ1) is 18.2. The molecule has 2 saturated heterocycles. The molecule has 138 valence electrons. The van der Waals surface area contributed by atoms with Crippen LogP contribution in [0, 0.1) is 12.3 Å². The van der Waals surface area contributed by atoms with Crippen LogP contribution >= 0.6 is 0 Å². The van der Waals surface area contributed by atoms with E-state index in [-0.39, 0.29) is 18.9 Å². The zero-order valence-corrected chi connectivity index (χ0v) is 14.8. The molecule has 0 saturated carbocycles. The second-order valence-electron chi connectivity index (χ2n) is 7.26. The molecule has 0 radical (unpaired) electrons. The number of piperidine rings is 1. The zero-order chi connectivity index (χ0) is 18.1. The van der Waals surface area contributed by atoms with Crippen LogP contribution in [0.15, 0.2) is 18.3 Å². The molecule has 0 N–H and O–H groups in total. The zero-order valence-electron chi connectivity index (χ0n) is 14.8. The molecule has 1 unspecified atom stereocenters. The van der Waals surface area contributed by atoms with Crippen molar-refractivity contribution >= 4 is 5.91 Å². The smallest absolute Gasteiger partial charge is 0.261 e. The van der Waals surface area contributed by atoms with Gasteiger partial charge in [-0.05, 0) is 25.0 Å². The van der Waals surface area contributed by atoms with E-state index >= 15 is 0 Å². The first-order valence-electron chi connectivity index (χ1n) is 8.64. The lowest BCUT2D eigenvalue weighted by Gasteiger charge is -2.42. The third kappa shape index (κ3) is 3.82. The molecule has 1 aromatic heterocycles. The summed E-state index contributed by atoms with van der Waals surface area (Å²) >= 11 is 0. The Labute approximate surface area is 147 Å². The highest BCUT2D eigenvalue weighted by atomic mass is 19.3. The number of rotatable bonds is 5. The first-order chi connectivity index (χ1) is 11.9. The van der Waals surface area contributed by atoms with Crippen molar-refractivity contribution in [1.82, 2.24) is 14.8 Å². The van der Waals surface area contributed by atoms with Crippen LogP contribution in [0.5, 0.6) is 0 Å². The predicted molar refractivity (Wildman–Crippen MR) is 89.3 cm³/mol. The molecule has 1 aromatic rings. The molecular weight excluding hydrogens is 328 g/mol. The van der Waals surface area contributed by atoms with Crippen LogP contribution in [-0.4, -0.2) is 66.5 Å². The fraction of sp³-hybridized carbons (Fsp3) is 0.667. The largest absolute Gasteiger partial charge is 0.383 e. The van der Waals surface area contributed by atoms with Crippen LogP contribution in [0.1, 0.15) is 24.1 Å². The van der Waals surface area contributed by atoms with Gasteiger partial charge in [-0.3, -0.25) is 14.7 Å². The molecule has 7 heteroatoms. The summed E-state index contributed by atoms with van der Waals surface area (Å²) < 4.78 is 33.9. The van der Waals surface area contributed by atoms with E-state index in [4.69, 9.17) is 4.74 Å². The highest BCUT2D eigenvalue weighted by Gasteiger charge is 2.56. The number of methoxy groups -OCH3 is 1. The fourth-order valence-corrected chi connectivity index (χ4v) is 4.04. The van der Waals surface area contributed by atoms with Crippen molar-refractivity contribution in [1.29, 1.82) is 0 Å². The predicted octanol–water partition coefficient (Wildman–Crippen LogP) is 2.10. The van der Waals surface area contributed by atoms with E-state index in [0.717, 1.165) is 11.3 Å². The van der Waals surface area contributed by atoms with E-state index in [1.807, 2.05) is 19.1 Å². The molecule has 1 spiro atoms. The Balaban J connectivity index is 1.77. The lowest BCUT2D eigenvalue weighted by molar-refractivity contribution is -0.155. The minimum absolute atomic E-state index is 0.160. The van der Waals surface area contributed by atoms with Crippen molar-refractivity contribution in [3.63, 3.8) is 0 Å². The highest BCUT2D eigenvalue weighted by molar-refractivity contribution is 5.85. The monoisotopic (exact) mass is 353 g/mol. The summed E-state index contributed by atoms with van der Waals surface area (Å²) in [5.74, 6) is -3.03. The average Bonchev–Trinajstić information content (AvgIpc) is 2.82. The SMILES string of the molecule is COCCN1CCC2(CN(Cc3ncccc3C)CC(F)(F)C2)C1=O. The Hall–Kier alpha value is -1.60. The number of carbonyl (C=O) groups is 1. The second-order valence-corrected chi connectivity index (χ2v) is 7.26. The Morgan fingerprint density at radius 1 is 1.36 bits per heavy atom. The van der Waals surface area contributed by atoms with Crippen LogP contribution < -0.4 is 0 Å². The molecule has 2 aliphatic heterocycles. The van der Waals surface area contributed by atoms with Crippen molar-refractivity contribution < 1.29 is 18.3 Å². The molecule has 0 bridgehead atoms. The maximum atomic E-state index is 14.4. The van der Waals surface area contributed by atoms with Gasteiger partial charge < -0.3 is 9.64 Å². The van der Waals surface area contributed by atoms with Crippen LogP contribution in [0.3, 0.4) is 0 Å². The molecule has 3 rings (SSSR count). The van der Waals surface area contributed by atoms with E-state index in [9.17, 15) is 13.6 Å². The van der Waals surface area contributed by atoms with Crippen LogP contribution in [-0.2, 0) is 16.1 Å². The van der Waals surface area contributed by atoms with Crippen molar-refractivity contribution in [3.05, 3.63) is 29.6 Å². The van der Waals surface area contributed by atoms with Crippen molar-refractivity contribution in [2.24, 2.45) is 5.41 Å². The third-order valence-electron chi connectivity index (χ3n) is 5.24. The number of hydrogen-bond donors (Lipinski definition) is 0. The normalized spacial score (nSPS) is 26.6. The van der Waals surface area contributed by atoms with Gasteiger partial charge in [0.1, 0.15) is 0 Å². The number of carbonyl (C=O) groups excluding carboxylic acids is 1. The standard InChI is InChI=1S/C18H25F2N3O2/c1-14-4-3-6-21-15(14)10-22-12-17(11-18(19,20)13-22)5-7-23(16(17)24)8-9-25-2/h3-4,6H,5,7-13H2,1-2H3. The number of aromatic nitrogens is 1. The Bertz CT molecular complexity index is 641. The summed E-state index contributed by atoms with van der Waals surface area (Å²) in [7, 11) is 1.57. The van der Waals surface area contributed by atoms with Gasteiger partial charge in [-0.1, -0.05) is 6.07 Å². The van der Waals surface area contributed by atoms with Gasteiger partial charge in [0.15, 0.2) is 0 Å². The number of amides is 1. The number of pyridine rings is 1. The van der Waals surface area contributed by atoms with E-state index in [2.05, 4.69) is 4.98 Å². The van der Waals surface area contributed by atoms with Gasteiger partial charge in [-0.15, -0.1) is 0 Å². The lowest BCUT2D eigenvalue weighted by atomic mass is 9.77. The number of alkyl halides is 2. The molecule has 2 aliphatic rings. The van der Waals surface area contributed by atoms with Crippen molar-refractivity contribution in [3.8, 4) is 0 Å². The second kappa shape index (κ2) is 6.96. The summed E-state index contributed by atoms with van der Waals surface area (Å²) in [4.78, 5) is 20.5. The minimum Gasteiger partial charge on any atom is -0.383 e. The maximum Gasteiger partial charge on any atom is 0.261 e. The number of halogens is 2. The van der Waals surface area contributed by atoms with Crippen molar-refractivity contribution in [2.75, 3.05) is 39.9 Å². The van der Waals surface area contributed by atoms with Gasteiger partial charge >= 0.3 is 0 Å².